The molecule has 204 valence electrons. The van der Waals surface area contributed by atoms with E-state index in [2.05, 4.69) is 21.6 Å². The molecule has 2 aromatic carbocycles. The van der Waals surface area contributed by atoms with Gasteiger partial charge in [-0.1, -0.05) is 90.5 Å². The molecule has 3 aromatic rings. The molecule has 8 nitrogen and oxygen atoms in total. The Morgan fingerprint density at radius 2 is 1.88 bits per heavy atom. The summed E-state index contributed by atoms with van der Waals surface area (Å²) >= 11 is 15.1. The van der Waals surface area contributed by atoms with Gasteiger partial charge in [0.1, 0.15) is 5.82 Å². The summed E-state index contributed by atoms with van der Waals surface area (Å²) in [4.78, 5) is 27.8. The molecule has 0 bridgehead atoms. The number of benzene rings is 2. The van der Waals surface area contributed by atoms with Crippen molar-refractivity contribution in [1.29, 1.82) is 5.26 Å². The standard InChI is InChI=1S/C28H24Cl2N6O2S2/c1-28(2)11-20-24(21(37)12-28)23(15-7-3-4-8-17(15)29)16(13-31)25(32)36(20)26-34-35-27(40-26)39-14-22(38)33-19-10-6-5-9-18(19)30/h3-10,23H,11-12,14,32H2,1-2H3,(H,33,38). The van der Waals surface area contributed by atoms with Crippen LogP contribution in [0, 0.1) is 16.7 Å². The molecule has 0 saturated heterocycles. The number of para-hydroxylation sites is 1. The molecule has 0 fully saturated rings. The fourth-order valence-corrected chi connectivity index (χ4v) is 7.08. The van der Waals surface area contributed by atoms with E-state index in [-0.39, 0.29) is 34.3 Å². The van der Waals surface area contributed by atoms with Gasteiger partial charge >= 0.3 is 0 Å². The third kappa shape index (κ3) is 5.47. The number of halogens is 2. The van der Waals surface area contributed by atoms with Crippen LogP contribution in [0.1, 0.15) is 38.2 Å². The molecule has 1 aliphatic carbocycles. The first-order valence-corrected chi connectivity index (χ1v) is 14.9. The fourth-order valence-electron chi connectivity index (χ4n) is 4.97. The van der Waals surface area contributed by atoms with Crippen molar-refractivity contribution in [2.75, 3.05) is 16.0 Å². The lowest BCUT2D eigenvalue weighted by atomic mass is 9.68. The van der Waals surface area contributed by atoms with Gasteiger partial charge in [0.2, 0.25) is 11.0 Å². The number of nitrogens with two attached hydrogens (primary N) is 1. The van der Waals surface area contributed by atoms with Crippen LogP contribution in [-0.4, -0.2) is 27.6 Å². The lowest BCUT2D eigenvalue weighted by Gasteiger charge is -2.42. The number of carbonyl (C=O) groups is 2. The maximum Gasteiger partial charge on any atom is 0.234 e. The van der Waals surface area contributed by atoms with Gasteiger partial charge < -0.3 is 11.1 Å². The highest BCUT2D eigenvalue weighted by atomic mass is 35.5. The first-order valence-electron chi connectivity index (χ1n) is 12.3. The number of Topliss-reactive ketones (excluding diaryl/α,β-unsaturated/α-hetero) is 1. The van der Waals surface area contributed by atoms with Gasteiger partial charge in [-0.15, -0.1) is 10.2 Å². The van der Waals surface area contributed by atoms with Crippen LogP contribution < -0.4 is 16.0 Å². The number of anilines is 2. The minimum atomic E-state index is -0.677. The van der Waals surface area contributed by atoms with Crippen molar-refractivity contribution >= 4 is 68.8 Å². The van der Waals surface area contributed by atoms with Crippen molar-refractivity contribution in [3.05, 3.63) is 86.8 Å². The van der Waals surface area contributed by atoms with Gasteiger partial charge in [0.25, 0.3) is 0 Å². The number of aromatic nitrogens is 2. The predicted molar refractivity (Wildman–Crippen MR) is 159 cm³/mol. The van der Waals surface area contributed by atoms with Crippen LogP contribution in [0.25, 0.3) is 0 Å². The molecule has 1 unspecified atom stereocenters. The topological polar surface area (TPSA) is 125 Å². The number of rotatable bonds is 6. The second-order valence-corrected chi connectivity index (χ2v) is 13.2. The van der Waals surface area contributed by atoms with E-state index in [9.17, 15) is 14.9 Å². The predicted octanol–water partition coefficient (Wildman–Crippen LogP) is 6.52. The van der Waals surface area contributed by atoms with Crippen LogP contribution in [-0.2, 0) is 9.59 Å². The first kappa shape index (κ1) is 28.2. The lowest BCUT2D eigenvalue weighted by molar-refractivity contribution is -0.118. The van der Waals surface area contributed by atoms with Crippen molar-refractivity contribution in [3.63, 3.8) is 0 Å². The highest BCUT2D eigenvalue weighted by Crippen LogP contribution is 2.51. The molecule has 0 spiro atoms. The SMILES string of the molecule is CC1(C)CC(=O)C2=C(C1)N(c1nnc(SCC(=O)Nc3ccccc3Cl)s1)C(N)=C(C#N)C2c1ccccc1Cl. The molecule has 1 aliphatic heterocycles. The summed E-state index contributed by atoms with van der Waals surface area (Å²) in [6.45, 7) is 4.05. The molecule has 5 rings (SSSR count). The summed E-state index contributed by atoms with van der Waals surface area (Å²) in [6, 6.07) is 16.4. The Balaban J connectivity index is 1.48. The normalized spacial score (nSPS) is 18.4. The van der Waals surface area contributed by atoms with Crippen molar-refractivity contribution in [1.82, 2.24) is 10.2 Å². The Labute approximate surface area is 249 Å². The Bertz CT molecular complexity index is 1620. The average molecular weight is 612 g/mol. The van der Waals surface area contributed by atoms with Crippen LogP contribution >= 0.6 is 46.3 Å². The molecule has 3 N–H and O–H groups in total. The minimum Gasteiger partial charge on any atom is -0.384 e. The number of hydrogen-bond donors (Lipinski definition) is 2. The van der Waals surface area contributed by atoms with Crippen molar-refractivity contribution in [3.8, 4) is 6.07 Å². The van der Waals surface area contributed by atoms with Gasteiger partial charge in [0, 0.05) is 22.7 Å². The Morgan fingerprint density at radius 3 is 2.58 bits per heavy atom. The van der Waals surface area contributed by atoms with Crippen LogP contribution in [0.3, 0.4) is 0 Å². The average Bonchev–Trinajstić information content (AvgIpc) is 3.36. The Hall–Kier alpha value is -3.36. The number of hydrogen-bond acceptors (Lipinski definition) is 9. The summed E-state index contributed by atoms with van der Waals surface area (Å²) < 4.78 is 0.535. The largest absolute Gasteiger partial charge is 0.384 e. The molecule has 2 heterocycles. The summed E-state index contributed by atoms with van der Waals surface area (Å²) in [7, 11) is 0. The van der Waals surface area contributed by atoms with Crippen LogP contribution in [0.15, 0.2) is 75.5 Å². The molecule has 12 heteroatoms. The molecule has 2 aliphatic rings. The number of nitrogens with one attached hydrogen (secondary N) is 1. The lowest BCUT2D eigenvalue weighted by Crippen LogP contribution is -2.42. The number of allylic oxidation sites excluding steroid dienone is 3. The van der Waals surface area contributed by atoms with Gasteiger partial charge in [-0.3, -0.25) is 14.5 Å². The molecule has 1 amide bonds. The van der Waals surface area contributed by atoms with E-state index in [1.165, 1.54) is 23.1 Å². The fraction of sp³-hybridized carbons (Fsp3) is 0.250. The summed E-state index contributed by atoms with van der Waals surface area (Å²) in [5.74, 6) is -0.713. The number of thioether (sulfide) groups is 1. The highest BCUT2D eigenvalue weighted by molar-refractivity contribution is 8.01. The monoisotopic (exact) mass is 610 g/mol. The van der Waals surface area contributed by atoms with E-state index in [1.54, 1.807) is 41.3 Å². The zero-order valence-electron chi connectivity index (χ0n) is 21.6. The third-order valence-electron chi connectivity index (χ3n) is 6.66. The number of nitrogens with zero attached hydrogens (tertiary/aromatic N) is 4. The van der Waals surface area contributed by atoms with E-state index >= 15 is 0 Å². The van der Waals surface area contributed by atoms with E-state index in [0.717, 1.165) is 0 Å². The summed E-state index contributed by atoms with van der Waals surface area (Å²) in [6.07, 6.45) is 0.869. The number of carbonyl (C=O) groups excluding carboxylic acids is 2. The second-order valence-electron chi connectivity index (χ2n) is 10.2. The molecule has 0 radical (unpaired) electrons. The molecule has 0 saturated carbocycles. The Kier molecular flexibility index (Phi) is 7.93. The highest BCUT2D eigenvalue weighted by Gasteiger charge is 2.45. The van der Waals surface area contributed by atoms with Gasteiger partial charge in [-0.2, -0.15) is 5.26 Å². The van der Waals surface area contributed by atoms with Crippen molar-refractivity contribution < 1.29 is 9.59 Å². The number of nitriles is 1. The molecular formula is C28H24Cl2N6O2S2. The second kappa shape index (κ2) is 11.3. The smallest absolute Gasteiger partial charge is 0.234 e. The summed E-state index contributed by atoms with van der Waals surface area (Å²) in [5.41, 5.74) is 8.93. The van der Waals surface area contributed by atoms with Crippen molar-refractivity contribution in [2.24, 2.45) is 11.1 Å². The Morgan fingerprint density at radius 1 is 1.18 bits per heavy atom. The van der Waals surface area contributed by atoms with Gasteiger partial charge in [0.05, 0.1) is 34.0 Å². The maximum absolute atomic E-state index is 13.6. The zero-order chi connectivity index (χ0) is 28.6. The molecule has 1 atom stereocenters. The number of amides is 1. The first-order chi connectivity index (χ1) is 19.1. The van der Waals surface area contributed by atoms with Gasteiger partial charge in [0.15, 0.2) is 10.1 Å². The molecular weight excluding hydrogens is 587 g/mol. The molecule has 40 heavy (non-hydrogen) atoms. The van der Waals surface area contributed by atoms with Crippen LogP contribution in [0.2, 0.25) is 10.0 Å². The summed E-state index contributed by atoms with van der Waals surface area (Å²) in [5, 5.41) is 22.9. The van der Waals surface area contributed by atoms with E-state index in [4.69, 9.17) is 28.9 Å². The molecule has 1 aromatic heterocycles. The maximum atomic E-state index is 13.6. The van der Waals surface area contributed by atoms with E-state index in [1.807, 2.05) is 26.0 Å². The van der Waals surface area contributed by atoms with E-state index < -0.39 is 5.92 Å². The van der Waals surface area contributed by atoms with Gasteiger partial charge in [-0.05, 0) is 35.6 Å². The van der Waals surface area contributed by atoms with Crippen LogP contribution in [0.4, 0.5) is 10.8 Å². The minimum absolute atomic E-state index is 0.0585. The zero-order valence-corrected chi connectivity index (χ0v) is 24.7. The van der Waals surface area contributed by atoms with Crippen molar-refractivity contribution in [2.45, 2.75) is 36.9 Å². The third-order valence-corrected chi connectivity index (χ3v) is 9.37. The van der Waals surface area contributed by atoms with Gasteiger partial charge in [-0.25, -0.2) is 0 Å². The quantitative estimate of drug-likeness (QED) is 0.302. The van der Waals surface area contributed by atoms with Crippen LogP contribution in [0.5, 0.6) is 0 Å². The van der Waals surface area contributed by atoms with E-state index in [0.29, 0.717) is 54.9 Å². The number of ketones is 1.